The van der Waals surface area contributed by atoms with Crippen LogP contribution in [0.3, 0.4) is 0 Å². The summed E-state index contributed by atoms with van der Waals surface area (Å²) in [7, 11) is -1.80. The summed E-state index contributed by atoms with van der Waals surface area (Å²) in [5.74, 6) is -1.49. The number of aryl methyl sites for hydroxylation is 1. The lowest BCUT2D eigenvalue weighted by atomic mass is 9.93. The van der Waals surface area contributed by atoms with Gasteiger partial charge in [0.25, 0.3) is 10.0 Å². The molecule has 2 saturated heterocycles. The molecule has 2 aliphatic rings. The van der Waals surface area contributed by atoms with Gasteiger partial charge in [0.2, 0.25) is 0 Å². The van der Waals surface area contributed by atoms with Crippen LogP contribution in [0.15, 0.2) is 41.9 Å². The van der Waals surface area contributed by atoms with Gasteiger partial charge < -0.3 is 19.7 Å². The summed E-state index contributed by atoms with van der Waals surface area (Å²) in [6.07, 6.45) is -0.355. The number of fused-ring (bicyclic) bond motifs is 1. The molecule has 0 aromatic carbocycles. The van der Waals surface area contributed by atoms with E-state index in [-0.39, 0.29) is 23.0 Å². The second-order valence-corrected chi connectivity index (χ2v) is 9.28. The van der Waals surface area contributed by atoms with Crippen LogP contribution in [-0.2, 0) is 26.6 Å². The lowest BCUT2D eigenvalue weighted by Crippen LogP contribution is -2.32. The van der Waals surface area contributed by atoms with E-state index in [2.05, 4.69) is 15.3 Å². The number of anilines is 1. The smallest absolute Gasteiger partial charge is 0.475 e. The fourth-order valence-electron chi connectivity index (χ4n) is 3.53. The minimum Gasteiger partial charge on any atom is -0.475 e. The van der Waals surface area contributed by atoms with Crippen molar-refractivity contribution < 1.29 is 36.2 Å². The Morgan fingerprint density at radius 3 is 2.59 bits per heavy atom. The maximum absolute atomic E-state index is 12.7. The fraction of sp³-hybridized carbons (Fsp3) is 0.500. The summed E-state index contributed by atoms with van der Waals surface area (Å²) >= 11 is 0. The first-order chi connectivity index (χ1) is 15.0. The molecule has 2 fully saturated rings. The van der Waals surface area contributed by atoms with E-state index in [0.29, 0.717) is 19.7 Å². The van der Waals surface area contributed by atoms with Gasteiger partial charge in [0.1, 0.15) is 5.82 Å². The summed E-state index contributed by atoms with van der Waals surface area (Å²) < 4.78 is 66.2. The van der Waals surface area contributed by atoms with Crippen LogP contribution in [0.2, 0.25) is 0 Å². The lowest BCUT2D eigenvalue weighted by Gasteiger charge is -2.19. The van der Waals surface area contributed by atoms with Crippen molar-refractivity contribution in [1.82, 2.24) is 18.8 Å². The Morgan fingerprint density at radius 1 is 1.31 bits per heavy atom. The standard InChI is InChI=1S/C16H21N5O3S.C2HF3O2/c1-20-9-16(19-11-20)25(22,23)21-7-13-12(10-24-14(13)8-21)6-18-15-4-2-3-5-17-15;3-2(4,5)1(6)7/h2-5,9,11-14H,6-8,10H2,1H3,(H,17,18);(H,6,7)/t12-,13+,14+;/m0./s1. The van der Waals surface area contributed by atoms with E-state index in [9.17, 15) is 21.6 Å². The highest BCUT2D eigenvalue weighted by atomic mass is 32.2. The highest BCUT2D eigenvalue weighted by molar-refractivity contribution is 7.89. The van der Waals surface area contributed by atoms with Crippen LogP contribution in [0.1, 0.15) is 0 Å². The second kappa shape index (κ2) is 9.42. The van der Waals surface area contributed by atoms with Crippen LogP contribution in [0.25, 0.3) is 0 Å². The van der Waals surface area contributed by atoms with Crippen LogP contribution < -0.4 is 5.32 Å². The Kier molecular flexibility index (Phi) is 7.05. The summed E-state index contributed by atoms with van der Waals surface area (Å²) in [5, 5.41) is 10.5. The molecule has 0 radical (unpaired) electrons. The molecule has 0 amide bonds. The average molecular weight is 477 g/mol. The lowest BCUT2D eigenvalue weighted by molar-refractivity contribution is -0.192. The molecule has 2 aliphatic heterocycles. The molecule has 176 valence electrons. The molecule has 14 heteroatoms. The Morgan fingerprint density at radius 2 is 2.03 bits per heavy atom. The topological polar surface area (TPSA) is 127 Å². The Bertz CT molecular complexity index is 1030. The third-order valence-electron chi connectivity index (χ3n) is 5.14. The van der Waals surface area contributed by atoms with Gasteiger partial charge in [0.15, 0.2) is 5.03 Å². The van der Waals surface area contributed by atoms with E-state index >= 15 is 0 Å². The molecule has 0 spiro atoms. The summed E-state index contributed by atoms with van der Waals surface area (Å²) in [4.78, 5) is 17.1. The minimum atomic E-state index is -5.08. The maximum atomic E-state index is 12.7. The van der Waals surface area contributed by atoms with Crippen LogP contribution in [0, 0.1) is 11.8 Å². The van der Waals surface area contributed by atoms with E-state index in [1.165, 1.54) is 16.8 Å². The molecule has 4 rings (SSSR count). The van der Waals surface area contributed by atoms with E-state index in [4.69, 9.17) is 14.6 Å². The Labute approximate surface area is 182 Å². The highest BCUT2D eigenvalue weighted by Gasteiger charge is 2.47. The molecule has 0 saturated carbocycles. The number of aliphatic carboxylic acids is 1. The quantitative estimate of drug-likeness (QED) is 0.658. The highest BCUT2D eigenvalue weighted by Crippen LogP contribution is 2.36. The van der Waals surface area contributed by atoms with E-state index in [0.717, 1.165) is 12.4 Å². The van der Waals surface area contributed by atoms with Crippen molar-refractivity contribution >= 4 is 21.8 Å². The molecule has 2 aromatic rings. The molecular formula is C18H22F3N5O5S. The fourth-order valence-corrected chi connectivity index (χ4v) is 4.98. The van der Waals surface area contributed by atoms with Gasteiger partial charge in [-0.3, -0.25) is 0 Å². The summed E-state index contributed by atoms with van der Waals surface area (Å²) in [6, 6.07) is 5.72. The van der Waals surface area contributed by atoms with Crippen molar-refractivity contribution in [3.05, 3.63) is 36.9 Å². The number of carbonyl (C=O) groups is 1. The van der Waals surface area contributed by atoms with E-state index in [1.807, 2.05) is 18.2 Å². The third-order valence-corrected chi connectivity index (χ3v) is 6.86. The monoisotopic (exact) mass is 477 g/mol. The average Bonchev–Trinajstić information content (AvgIpc) is 3.43. The zero-order valence-corrected chi connectivity index (χ0v) is 17.8. The second-order valence-electron chi connectivity index (χ2n) is 7.39. The Hall–Kier alpha value is -2.71. The van der Waals surface area contributed by atoms with Crippen molar-refractivity contribution in [2.45, 2.75) is 17.3 Å². The maximum Gasteiger partial charge on any atom is 0.490 e. The van der Waals surface area contributed by atoms with Gasteiger partial charge in [-0.2, -0.15) is 17.5 Å². The van der Waals surface area contributed by atoms with Crippen molar-refractivity contribution in [1.29, 1.82) is 0 Å². The minimum absolute atomic E-state index is 0.0472. The van der Waals surface area contributed by atoms with Crippen LogP contribution in [0.5, 0.6) is 0 Å². The van der Waals surface area contributed by atoms with Crippen molar-refractivity contribution in [2.24, 2.45) is 18.9 Å². The number of ether oxygens (including phenoxy) is 1. The molecule has 0 bridgehead atoms. The number of rotatable bonds is 5. The number of pyridine rings is 1. The van der Waals surface area contributed by atoms with Crippen molar-refractivity contribution in [3.8, 4) is 0 Å². The number of halogens is 3. The predicted molar refractivity (Wildman–Crippen MR) is 105 cm³/mol. The zero-order chi connectivity index (χ0) is 23.5. The zero-order valence-electron chi connectivity index (χ0n) is 16.9. The predicted octanol–water partition coefficient (Wildman–Crippen LogP) is 1.20. The van der Waals surface area contributed by atoms with Gasteiger partial charge in [0, 0.05) is 50.9 Å². The third kappa shape index (κ3) is 5.55. The molecule has 0 unspecified atom stereocenters. The number of imidazole rings is 1. The van der Waals surface area contributed by atoms with Crippen molar-refractivity contribution in [3.63, 3.8) is 0 Å². The number of nitrogens with one attached hydrogen (secondary N) is 1. The molecular weight excluding hydrogens is 455 g/mol. The summed E-state index contributed by atoms with van der Waals surface area (Å²) in [5.41, 5.74) is 0. The number of nitrogens with zero attached hydrogens (tertiary/aromatic N) is 4. The van der Waals surface area contributed by atoms with Gasteiger partial charge in [0.05, 0.1) is 19.0 Å². The largest absolute Gasteiger partial charge is 0.490 e. The van der Waals surface area contributed by atoms with Crippen molar-refractivity contribution in [2.75, 3.05) is 31.6 Å². The van der Waals surface area contributed by atoms with Crippen LogP contribution in [-0.4, -0.2) is 76.9 Å². The van der Waals surface area contributed by atoms with Gasteiger partial charge >= 0.3 is 12.1 Å². The number of carboxylic acids is 1. The molecule has 10 nitrogen and oxygen atoms in total. The molecule has 0 aliphatic carbocycles. The number of alkyl halides is 3. The number of hydrogen-bond acceptors (Lipinski definition) is 7. The van der Waals surface area contributed by atoms with E-state index < -0.39 is 22.2 Å². The first-order valence-corrected chi connectivity index (χ1v) is 11.0. The molecule has 3 atom stereocenters. The number of sulfonamides is 1. The number of aromatic nitrogens is 3. The summed E-state index contributed by atoms with van der Waals surface area (Å²) in [6.45, 7) is 2.23. The Balaban J connectivity index is 0.000000360. The number of hydrogen-bond donors (Lipinski definition) is 2. The van der Waals surface area contributed by atoms with Crippen LogP contribution in [0.4, 0.5) is 19.0 Å². The molecule has 2 N–H and O–H groups in total. The van der Waals surface area contributed by atoms with E-state index in [1.54, 1.807) is 17.8 Å². The first-order valence-electron chi connectivity index (χ1n) is 9.53. The first kappa shape index (κ1) is 23.9. The number of carboxylic acid groups (broad SMARTS) is 1. The SMILES string of the molecule is Cn1cnc(S(=O)(=O)N2C[C@@H]3[C@@H](CNc4ccccn4)CO[C@@H]3C2)c1.O=C(O)C(F)(F)F. The van der Waals surface area contributed by atoms with Gasteiger partial charge in [-0.05, 0) is 12.1 Å². The van der Waals surface area contributed by atoms with Gasteiger partial charge in [-0.1, -0.05) is 6.07 Å². The molecule has 32 heavy (non-hydrogen) atoms. The molecule has 4 heterocycles. The van der Waals surface area contributed by atoms with Gasteiger partial charge in [-0.25, -0.2) is 23.2 Å². The molecule has 2 aromatic heterocycles. The normalized spacial score (nSPS) is 23.3. The van der Waals surface area contributed by atoms with Crippen LogP contribution >= 0.6 is 0 Å². The van der Waals surface area contributed by atoms with Gasteiger partial charge in [-0.15, -0.1) is 0 Å².